The number of hydrogen-bond donors (Lipinski definition) is 1. The van der Waals surface area contributed by atoms with Crippen LogP contribution in [0.1, 0.15) is 37.4 Å². The first-order valence-electron chi connectivity index (χ1n) is 7.28. The minimum Gasteiger partial charge on any atom is -0.480 e. The first-order chi connectivity index (χ1) is 9.52. The van der Waals surface area contributed by atoms with Crippen LogP contribution in [0, 0.1) is 6.92 Å². The number of rotatable bonds is 5. The highest BCUT2D eigenvalue weighted by Gasteiger charge is 2.31. The number of aryl methyl sites for hydroxylation is 1. The molecule has 2 atom stereocenters. The molecule has 2 unspecified atom stereocenters. The molecule has 4 heteroatoms. The van der Waals surface area contributed by atoms with Crippen LogP contribution in [0.25, 0.3) is 0 Å². The lowest BCUT2D eigenvalue weighted by atomic mass is 10.0. The van der Waals surface area contributed by atoms with Crippen molar-refractivity contribution in [3.05, 3.63) is 29.3 Å². The Morgan fingerprint density at radius 3 is 2.85 bits per heavy atom. The predicted octanol–water partition coefficient (Wildman–Crippen LogP) is 2.28. The summed E-state index contributed by atoms with van der Waals surface area (Å²) >= 11 is 0. The fourth-order valence-electron chi connectivity index (χ4n) is 2.57. The highest BCUT2D eigenvalue weighted by molar-refractivity contribution is 5.83. The fraction of sp³-hybridized carbons (Fsp3) is 0.562. The highest BCUT2D eigenvalue weighted by Crippen LogP contribution is 2.29. The molecule has 2 rings (SSSR count). The summed E-state index contributed by atoms with van der Waals surface area (Å²) in [5.41, 5.74) is 2.26. The molecule has 1 aliphatic heterocycles. The molecular weight excluding hydrogens is 252 g/mol. The molecule has 0 aliphatic carbocycles. The molecule has 1 fully saturated rings. The maximum Gasteiger partial charge on any atom is 0.263 e. The summed E-state index contributed by atoms with van der Waals surface area (Å²) in [5, 5.41) is 3.39. The lowest BCUT2D eigenvalue weighted by Crippen LogP contribution is -2.30. The predicted molar refractivity (Wildman–Crippen MR) is 79.9 cm³/mol. The van der Waals surface area contributed by atoms with Crippen molar-refractivity contribution in [2.45, 2.75) is 39.3 Å². The Kier molecular flexibility index (Phi) is 4.65. The molecule has 20 heavy (non-hydrogen) atoms. The largest absolute Gasteiger partial charge is 0.480 e. The molecule has 4 nitrogen and oxygen atoms in total. The number of ether oxygens (including phenoxy) is 1. The van der Waals surface area contributed by atoms with Crippen LogP contribution in [0.5, 0.6) is 5.75 Å². The smallest absolute Gasteiger partial charge is 0.263 e. The minimum absolute atomic E-state index is 0.0774. The summed E-state index contributed by atoms with van der Waals surface area (Å²) in [6.45, 7) is 7.91. The van der Waals surface area contributed by atoms with E-state index in [0.29, 0.717) is 0 Å². The summed E-state index contributed by atoms with van der Waals surface area (Å²) in [6.07, 6.45) is 0.424. The Morgan fingerprint density at radius 1 is 1.50 bits per heavy atom. The third kappa shape index (κ3) is 3.12. The van der Waals surface area contributed by atoms with E-state index in [1.807, 2.05) is 20.0 Å². The van der Waals surface area contributed by atoms with Gasteiger partial charge in [0.1, 0.15) is 5.75 Å². The van der Waals surface area contributed by atoms with Gasteiger partial charge in [-0.05, 0) is 32.0 Å². The SMILES string of the molecule is CCNC(C)c1ccc(C)cc1OC1CCN(C)C1=O. The Labute approximate surface area is 121 Å². The summed E-state index contributed by atoms with van der Waals surface area (Å²) in [6, 6.07) is 6.40. The molecule has 0 saturated carbocycles. The number of likely N-dealkylation sites (tertiary alicyclic amines) is 1. The highest BCUT2D eigenvalue weighted by atomic mass is 16.5. The molecule has 1 amide bonds. The van der Waals surface area contributed by atoms with Crippen LogP contribution in [0.3, 0.4) is 0 Å². The molecule has 1 aliphatic rings. The first kappa shape index (κ1) is 14.9. The lowest BCUT2D eigenvalue weighted by molar-refractivity contribution is -0.132. The molecule has 1 aromatic carbocycles. The van der Waals surface area contributed by atoms with Crippen molar-refractivity contribution in [3.63, 3.8) is 0 Å². The third-order valence-electron chi connectivity index (χ3n) is 3.79. The molecule has 110 valence electrons. The van der Waals surface area contributed by atoms with Gasteiger partial charge in [-0.1, -0.05) is 19.1 Å². The number of carbonyl (C=O) groups excluding carboxylic acids is 1. The standard InChI is InChI=1S/C16H24N2O2/c1-5-17-12(3)13-7-6-11(2)10-15(13)20-14-8-9-18(4)16(14)19/h6-7,10,12,14,17H,5,8-9H2,1-4H3. The van der Waals surface area contributed by atoms with E-state index in [-0.39, 0.29) is 18.1 Å². The van der Waals surface area contributed by atoms with Crippen molar-refractivity contribution in [2.24, 2.45) is 0 Å². The zero-order valence-corrected chi connectivity index (χ0v) is 12.8. The van der Waals surface area contributed by atoms with Crippen LogP contribution < -0.4 is 10.1 Å². The Hall–Kier alpha value is -1.55. The maximum atomic E-state index is 12.0. The molecule has 0 bridgehead atoms. The molecule has 1 heterocycles. The first-order valence-corrected chi connectivity index (χ1v) is 7.28. The zero-order valence-electron chi connectivity index (χ0n) is 12.8. The van der Waals surface area contributed by atoms with Gasteiger partial charge >= 0.3 is 0 Å². The second-order valence-corrected chi connectivity index (χ2v) is 5.48. The van der Waals surface area contributed by atoms with Crippen LogP contribution in [0.15, 0.2) is 18.2 Å². The number of likely N-dealkylation sites (N-methyl/N-ethyl adjacent to an activating group) is 1. The topological polar surface area (TPSA) is 41.6 Å². The van der Waals surface area contributed by atoms with Crippen molar-refractivity contribution in [2.75, 3.05) is 20.1 Å². The van der Waals surface area contributed by atoms with Gasteiger partial charge in [0.25, 0.3) is 5.91 Å². The van der Waals surface area contributed by atoms with Gasteiger partial charge in [0, 0.05) is 31.6 Å². The number of nitrogens with zero attached hydrogens (tertiary/aromatic N) is 1. The van der Waals surface area contributed by atoms with E-state index in [0.717, 1.165) is 36.4 Å². The van der Waals surface area contributed by atoms with E-state index >= 15 is 0 Å². The lowest BCUT2D eigenvalue weighted by Gasteiger charge is -2.20. The molecule has 1 N–H and O–H groups in total. The quantitative estimate of drug-likeness (QED) is 0.897. The number of nitrogens with one attached hydrogen (secondary N) is 1. The van der Waals surface area contributed by atoms with Crippen molar-refractivity contribution < 1.29 is 9.53 Å². The Balaban J connectivity index is 2.21. The van der Waals surface area contributed by atoms with Crippen LogP contribution in [-0.4, -0.2) is 37.0 Å². The summed E-state index contributed by atoms with van der Waals surface area (Å²) < 4.78 is 6.01. The summed E-state index contributed by atoms with van der Waals surface area (Å²) in [7, 11) is 1.82. The van der Waals surface area contributed by atoms with Gasteiger partial charge in [-0.25, -0.2) is 0 Å². The van der Waals surface area contributed by atoms with E-state index in [1.165, 1.54) is 0 Å². The van der Waals surface area contributed by atoms with E-state index in [1.54, 1.807) is 4.90 Å². The Bertz CT molecular complexity index is 487. The zero-order chi connectivity index (χ0) is 14.7. The fourth-order valence-corrected chi connectivity index (χ4v) is 2.57. The van der Waals surface area contributed by atoms with E-state index in [9.17, 15) is 4.79 Å². The van der Waals surface area contributed by atoms with Gasteiger partial charge in [-0.15, -0.1) is 0 Å². The number of hydrogen-bond acceptors (Lipinski definition) is 3. The molecule has 1 aromatic rings. The van der Waals surface area contributed by atoms with E-state index in [4.69, 9.17) is 4.74 Å². The third-order valence-corrected chi connectivity index (χ3v) is 3.79. The molecule has 0 aromatic heterocycles. The van der Waals surface area contributed by atoms with Crippen LogP contribution in [0.4, 0.5) is 0 Å². The summed E-state index contributed by atoms with van der Waals surface area (Å²) in [5.74, 6) is 0.903. The monoisotopic (exact) mass is 276 g/mol. The number of carbonyl (C=O) groups is 1. The van der Waals surface area contributed by atoms with Gasteiger partial charge in [-0.3, -0.25) is 4.79 Å². The van der Waals surface area contributed by atoms with Gasteiger partial charge < -0.3 is 15.0 Å². The number of benzene rings is 1. The average molecular weight is 276 g/mol. The molecule has 1 saturated heterocycles. The summed E-state index contributed by atoms with van der Waals surface area (Å²) in [4.78, 5) is 13.7. The molecule has 0 spiro atoms. The van der Waals surface area contributed by atoms with Gasteiger partial charge in [0.2, 0.25) is 0 Å². The number of amides is 1. The molecule has 0 radical (unpaired) electrons. The van der Waals surface area contributed by atoms with Crippen molar-refractivity contribution in [3.8, 4) is 5.75 Å². The minimum atomic E-state index is -0.339. The van der Waals surface area contributed by atoms with Crippen molar-refractivity contribution in [1.29, 1.82) is 0 Å². The van der Waals surface area contributed by atoms with Crippen LogP contribution >= 0.6 is 0 Å². The molecular formula is C16H24N2O2. The van der Waals surface area contributed by atoms with E-state index in [2.05, 4.69) is 31.3 Å². The van der Waals surface area contributed by atoms with Gasteiger partial charge in [0.15, 0.2) is 6.10 Å². The normalized spacial score (nSPS) is 20.3. The van der Waals surface area contributed by atoms with Crippen molar-refractivity contribution in [1.82, 2.24) is 10.2 Å². The van der Waals surface area contributed by atoms with E-state index < -0.39 is 0 Å². The van der Waals surface area contributed by atoms with Crippen LogP contribution in [-0.2, 0) is 4.79 Å². The van der Waals surface area contributed by atoms with Gasteiger partial charge in [0.05, 0.1) is 0 Å². The maximum absolute atomic E-state index is 12.0. The van der Waals surface area contributed by atoms with Crippen molar-refractivity contribution >= 4 is 5.91 Å². The second-order valence-electron chi connectivity index (χ2n) is 5.48. The second kappa shape index (κ2) is 6.27. The van der Waals surface area contributed by atoms with Gasteiger partial charge in [-0.2, -0.15) is 0 Å². The average Bonchev–Trinajstić information content (AvgIpc) is 2.71. The Morgan fingerprint density at radius 2 is 2.25 bits per heavy atom. The van der Waals surface area contributed by atoms with Crippen LogP contribution in [0.2, 0.25) is 0 Å².